The van der Waals surface area contributed by atoms with E-state index in [1.807, 2.05) is 13.8 Å². The molecular weight excluding hydrogens is 294 g/mol. The van der Waals surface area contributed by atoms with Crippen molar-refractivity contribution in [3.63, 3.8) is 0 Å². The summed E-state index contributed by atoms with van der Waals surface area (Å²) < 4.78 is 0. The van der Waals surface area contributed by atoms with Crippen LogP contribution in [0.2, 0.25) is 0 Å². The lowest BCUT2D eigenvalue weighted by molar-refractivity contribution is -0.134. The van der Waals surface area contributed by atoms with Crippen molar-refractivity contribution in [3.05, 3.63) is 29.8 Å². The first-order chi connectivity index (χ1) is 11.0. The van der Waals surface area contributed by atoms with Crippen LogP contribution in [0.3, 0.4) is 0 Å². The van der Waals surface area contributed by atoms with Crippen molar-refractivity contribution in [1.29, 1.82) is 0 Å². The summed E-state index contributed by atoms with van der Waals surface area (Å²) in [4.78, 5) is 37.5. The Morgan fingerprint density at radius 1 is 1.35 bits per heavy atom. The second-order valence-electron chi connectivity index (χ2n) is 5.38. The molecule has 1 aromatic carbocycles. The van der Waals surface area contributed by atoms with Gasteiger partial charge >= 0.3 is 6.03 Å². The van der Waals surface area contributed by atoms with E-state index in [0.717, 1.165) is 4.90 Å². The molecule has 1 aliphatic heterocycles. The third-order valence-electron chi connectivity index (χ3n) is 4.07. The van der Waals surface area contributed by atoms with Gasteiger partial charge in [-0.15, -0.1) is 6.42 Å². The molecule has 4 amide bonds. The molecule has 0 aliphatic carbocycles. The summed E-state index contributed by atoms with van der Waals surface area (Å²) in [5, 5.41) is 5.32. The first-order valence-corrected chi connectivity index (χ1v) is 7.46. The first kappa shape index (κ1) is 16.6. The maximum Gasteiger partial charge on any atom is 0.325 e. The van der Waals surface area contributed by atoms with Gasteiger partial charge in [-0.1, -0.05) is 25.8 Å². The number of anilines is 1. The zero-order valence-corrected chi connectivity index (χ0v) is 13.2. The van der Waals surface area contributed by atoms with Crippen molar-refractivity contribution >= 4 is 23.5 Å². The van der Waals surface area contributed by atoms with E-state index in [1.54, 1.807) is 24.3 Å². The minimum absolute atomic E-state index is 0.327. The normalized spacial score (nSPS) is 16.0. The number of hydrogen-bond acceptors (Lipinski definition) is 3. The van der Waals surface area contributed by atoms with Crippen molar-refractivity contribution in [1.82, 2.24) is 10.2 Å². The van der Waals surface area contributed by atoms with E-state index in [4.69, 9.17) is 6.42 Å². The number of amides is 4. The Morgan fingerprint density at radius 2 is 2.04 bits per heavy atom. The van der Waals surface area contributed by atoms with Gasteiger partial charge in [0.05, 0.1) is 0 Å². The molecule has 120 valence electrons. The SMILES string of the molecule is C#Cc1cccc(NC(=O)CN2C(=O)NC(CC)(CC)C2=O)c1. The standard InChI is InChI=1S/C17H19N3O3/c1-4-12-8-7-9-13(10-12)18-14(21)11-20-15(22)17(5-2,6-3)19-16(20)23/h1,7-10H,5-6,11H2,2-3H3,(H,18,21)(H,19,23). The van der Waals surface area contributed by atoms with Crippen molar-refractivity contribution in [3.8, 4) is 12.3 Å². The van der Waals surface area contributed by atoms with Crippen LogP contribution in [0.4, 0.5) is 10.5 Å². The number of benzene rings is 1. The van der Waals surface area contributed by atoms with Crippen LogP contribution in [0, 0.1) is 12.3 Å². The Morgan fingerprint density at radius 3 is 2.61 bits per heavy atom. The van der Waals surface area contributed by atoms with E-state index < -0.39 is 17.5 Å². The minimum atomic E-state index is -0.902. The monoisotopic (exact) mass is 313 g/mol. The van der Waals surface area contributed by atoms with E-state index in [1.165, 1.54) is 0 Å². The molecule has 2 rings (SSSR count). The van der Waals surface area contributed by atoms with Gasteiger partial charge < -0.3 is 10.6 Å². The summed E-state index contributed by atoms with van der Waals surface area (Å²) in [6.45, 7) is 3.33. The Hall–Kier alpha value is -2.81. The third kappa shape index (κ3) is 3.19. The number of nitrogens with zero attached hydrogens (tertiary/aromatic N) is 1. The lowest BCUT2D eigenvalue weighted by Crippen LogP contribution is -2.46. The number of imide groups is 1. The Labute approximate surface area is 135 Å². The topological polar surface area (TPSA) is 78.5 Å². The number of hydrogen-bond donors (Lipinski definition) is 2. The van der Waals surface area contributed by atoms with Gasteiger partial charge in [0.2, 0.25) is 5.91 Å². The summed E-state index contributed by atoms with van der Waals surface area (Å²) in [5.41, 5.74) is 0.254. The molecule has 0 unspecified atom stereocenters. The van der Waals surface area contributed by atoms with Crippen molar-refractivity contribution < 1.29 is 14.4 Å². The molecule has 1 aliphatic rings. The van der Waals surface area contributed by atoms with E-state index in [-0.39, 0.29) is 12.5 Å². The average Bonchev–Trinajstić information content (AvgIpc) is 2.79. The molecule has 0 saturated carbocycles. The number of terminal acetylenes is 1. The van der Waals surface area contributed by atoms with Gasteiger partial charge in [0.1, 0.15) is 12.1 Å². The summed E-state index contributed by atoms with van der Waals surface area (Å²) in [7, 11) is 0. The van der Waals surface area contributed by atoms with Gasteiger partial charge in [-0.25, -0.2) is 4.79 Å². The summed E-state index contributed by atoms with van der Waals surface area (Å²) >= 11 is 0. The molecule has 6 nitrogen and oxygen atoms in total. The Kier molecular flexibility index (Phi) is 4.70. The molecule has 1 heterocycles. The zero-order valence-electron chi connectivity index (χ0n) is 13.2. The van der Waals surface area contributed by atoms with Crippen LogP contribution in [0.15, 0.2) is 24.3 Å². The molecule has 2 N–H and O–H groups in total. The fraction of sp³-hybridized carbons (Fsp3) is 0.353. The second kappa shape index (κ2) is 6.53. The van der Waals surface area contributed by atoms with Gasteiger partial charge in [-0.05, 0) is 31.0 Å². The number of nitrogens with one attached hydrogen (secondary N) is 2. The lowest BCUT2D eigenvalue weighted by Gasteiger charge is -2.23. The van der Waals surface area contributed by atoms with Gasteiger partial charge in [0, 0.05) is 11.3 Å². The van der Waals surface area contributed by atoms with Crippen LogP contribution >= 0.6 is 0 Å². The van der Waals surface area contributed by atoms with Crippen molar-refractivity contribution in [2.45, 2.75) is 32.2 Å². The molecule has 0 bridgehead atoms. The van der Waals surface area contributed by atoms with E-state index in [2.05, 4.69) is 16.6 Å². The molecular formula is C17H19N3O3. The zero-order chi connectivity index (χ0) is 17.0. The van der Waals surface area contributed by atoms with Crippen LogP contribution in [-0.4, -0.2) is 34.8 Å². The van der Waals surface area contributed by atoms with E-state index in [9.17, 15) is 14.4 Å². The number of carbonyl (C=O) groups is 3. The molecule has 0 radical (unpaired) electrons. The van der Waals surface area contributed by atoms with Crippen LogP contribution in [-0.2, 0) is 9.59 Å². The number of rotatable bonds is 5. The first-order valence-electron chi connectivity index (χ1n) is 7.46. The second-order valence-corrected chi connectivity index (χ2v) is 5.38. The highest BCUT2D eigenvalue weighted by atomic mass is 16.2. The molecule has 23 heavy (non-hydrogen) atoms. The molecule has 1 saturated heterocycles. The van der Waals surface area contributed by atoms with Crippen LogP contribution in [0.25, 0.3) is 0 Å². The molecule has 0 atom stereocenters. The maximum absolute atomic E-state index is 12.4. The predicted octanol–water partition coefficient (Wildman–Crippen LogP) is 1.72. The molecule has 1 aromatic rings. The highest BCUT2D eigenvalue weighted by molar-refractivity contribution is 6.10. The molecule has 1 fully saturated rings. The van der Waals surface area contributed by atoms with Gasteiger partial charge in [-0.3, -0.25) is 14.5 Å². The molecule has 0 aromatic heterocycles. The number of urea groups is 1. The van der Waals surface area contributed by atoms with Crippen molar-refractivity contribution in [2.24, 2.45) is 0 Å². The summed E-state index contributed by atoms with van der Waals surface area (Å²) in [5.74, 6) is 1.66. The third-order valence-corrected chi connectivity index (χ3v) is 4.07. The quantitative estimate of drug-likeness (QED) is 0.642. The highest BCUT2D eigenvalue weighted by Gasteiger charge is 2.49. The maximum atomic E-state index is 12.4. The lowest BCUT2D eigenvalue weighted by atomic mass is 9.93. The smallest absolute Gasteiger partial charge is 0.324 e. The van der Waals surface area contributed by atoms with Crippen LogP contribution < -0.4 is 10.6 Å². The fourth-order valence-corrected chi connectivity index (χ4v) is 2.58. The molecule has 6 heteroatoms. The molecule has 0 spiro atoms. The highest BCUT2D eigenvalue weighted by Crippen LogP contribution is 2.24. The van der Waals surface area contributed by atoms with Crippen LogP contribution in [0.5, 0.6) is 0 Å². The number of carbonyl (C=O) groups excluding carboxylic acids is 3. The average molecular weight is 313 g/mol. The Balaban J connectivity index is 2.07. The van der Waals surface area contributed by atoms with E-state index in [0.29, 0.717) is 24.1 Å². The van der Waals surface area contributed by atoms with E-state index >= 15 is 0 Å². The van der Waals surface area contributed by atoms with Gasteiger partial charge in [-0.2, -0.15) is 0 Å². The summed E-state index contributed by atoms with van der Waals surface area (Å²) in [6.07, 6.45) is 6.28. The summed E-state index contributed by atoms with van der Waals surface area (Å²) in [6, 6.07) is 6.26. The van der Waals surface area contributed by atoms with Gasteiger partial charge in [0.25, 0.3) is 5.91 Å². The van der Waals surface area contributed by atoms with Gasteiger partial charge in [0.15, 0.2) is 0 Å². The fourth-order valence-electron chi connectivity index (χ4n) is 2.58. The Bertz CT molecular complexity index is 687. The van der Waals surface area contributed by atoms with Crippen molar-refractivity contribution in [2.75, 3.05) is 11.9 Å². The largest absolute Gasteiger partial charge is 0.325 e. The minimum Gasteiger partial charge on any atom is -0.324 e. The van der Waals surface area contributed by atoms with Crippen LogP contribution in [0.1, 0.15) is 32.3 Å². The predicted molar refractivity (Wildman–Crippen MR) is 86.6 cm³/mol.